The number of anilines is 1. The largest absolute Gasteiger partial charge is 0.418 e. The molecule has 0 unspecified atom stereocenters. The van der Waals surface area contributed by atoms with Crippen LogP contribution in [0, 0.1) is 0 Å². The molecule has 0 atom stereocenters. The summed E-state index contributed by atoms with van der Waals surface area (Å²) in [6.07, 6.45) is -3.82. The first-order chi connectivity index (χ1) is 9.95. The zero-order valence-electron chi connectivity index (χ0n) is 11.7. The average molecular weight is 302 g/mol. The van der Waals surface area contributed by atoms with Gasteiger partial charge >= 0.3 is 6.18 Å². The number of nitrogens with one attached hydrogen (secondary N) is 1. The van der Waals surface area contributed by atoms with Gasteiger partial charge in [0.2, 0.25) is 0 Å². The molecule has 0 spiro atoms. The Morgan fingerprint density at radius 2 is 2.05 bits per heavy atom. The van der Waals surface area contributed by atoms with Gasteiger partial charge in [0.15, 0.2) is 0 Å². The fourth-order valence-electron chi connectivity index (χ4n) is 2.36. The van der Waals surface area contributed by atoms with E-state index in [1.54, 1.807) is 0 Å². The van der Waals surface area contributed by atoms with Crippen molar-refractivity contribution in [3.63, 3.8) is 0 Å². The minimum Gasteiger partial charge on any atom is -0.387 e. The first kappa shape index (κ1) is 15.6. The summed E-state index contributed by atoms with van der Waals surface area (Å²) in [6.45, 7) is 1.83. The highest BCUT2D eigenvalue weighted by molar-refractivity contribution is 6.00. The molecule has 4 nitrogen and oxygen atoms in total. The fraction of sp³-hybridized carbons (Fsp3) is 0.500. The molecular weight excluding hydrogens is 285 g/mol. The maximum atomic E-state index is 13.0. The van der Waals surface area contributed by atoms with Crippen LogP contribution in [-0.4, -0.2) is 44.2 Å². The topological polar surface area (TPSA) is 41.6 Å². The second kappa shape index (κ2) is 6.34. The van der Waals surface area contributed by atoms with E-state index in [0.717, 1.165) is 6.07 Å². The highest BCUT2D eigenvalue weighted by atomic mass is 19.4. The van der Waals surface area contributed by atoms with Crippen LogP contribution in [-0.2, 0) is 10.9 Å². The van der Waals surface area contributed by atoms with Crippen molar-refractivity contribution in [2.75, 3.05) is 38.7 Å². The fourth-order valence-corrected chi connectivity index (χ4v) is 2.36. The van der Waals surface area contributed by atoms with Crippen molar-refractivity contribution in [2.24, 2.45) is 0 Å². The minimum atomic E-state index is -4.50. The molecule has 116 valence electrons. The van der Waals surface area contributed by atoms with Crippen LogP contribution >= 0.6 is 0 Å². The molecule has 1 aliphatic rings. The smallest absolute Gasteiger partial charge is 0.387 e. The third-order valence-corrected chi connectivity index (χ3v) is 3.36. The Balaban J connectivity index is 2.36. The lowest BCUT2D eigenvalue weighted by atomic mass is 10.0. The Bertz CT molecular complexity index is 509. The Morgan fingerprint density at radius 3 is 2.71 bits per heavy atom. The first-order valence-corrected chi connectivity index (χ1v) is 6.70. The van der Waals surface area contributed by atoms with Crippen molar-refractivity contribution < 1.29 is 22.7 Å². The maximum Gasteiger partial charge on any atom is 0.418 e. The molecule has 0 bridgehead atoms. The predicted molar refractivity (Wildman–Crippen MR) is 72.3 cm³/mol. The molecule has 1 N–H and O–H groups in total. The maximum absolute atomic E-state index is 13.0. The number of halogens is 3. The zero-order valence-corrected chi connectivity index (χ0v) is 11.7. The number of amides is 1. The van der Waals surface area contributed by atoms with E-state index in [9.17, 15) is 18.0 Å². The average Bonchev–Trinajstić information content (AvgIpc) is 2.73. The summed E-state index contributed by atoms with van der Waals surface area (Å²) in [5.41, 5.74) is -0.976. The third kappa shape index (κ3) is 3.47. The molecule has 1 amide bonds. The van der Waals surface area contributed by atoms with Crippen LogP contribution in [0.3, 0.4) is 0 Å². The monoisotopic (exact) mass is 302 g/mol. The van der Waals surface area contributed by atoms with Crippen LogP contribution < -0.4 is 5.32 Å². The van der Waals surface area contributed by atoms with E-state index in [1.165, 1.54) is 24.1 Å². The van der Waals surface area contributed by atoms with Crippen LogP contribution in [0.4, 0.5) is 18.9 Å². The summed E-state index contributed by atoms with van der Waals surface area (Å²) < 4.78 is 44.3. The van der Waals surface area contributed by atoms with Gasteiger partial charge in [0, 0.05) is 26.7 Å². The molecule has 0 aromatic heterocycles. The number of para-hydroxylation sites is 1. The van der Waals surface area contributed by atoms with Gasteiger partial charge in [-0.2, -0.15) is 13.2 Å². The molecule has 0 saturated carbocycles. The van der Waals surface area contributed by atoms with Gasteiger partial charge in [-0.1, -0.05) is 6.07 Å². The van der Waals surface area contributed by atoms with E-state index in [1.807, 2.05) is 0 Å². The van der Waals surface area contributed by atoms with Crippen LogP contribution in [0.15, 0.2) is 18.2 Å². The van der Waals surface area contributed by atoms with Crippen molar-refractivity contribution in [3.05, 3.63) is 29.3 Å². The number of benzene rings is 1. The summed E-state index contributed by atoms with van der Waals surface area (Å²) in [6, 6.07) is 3.63. The van der Waals surface area contributed by atoms with Gasteiger partial charge < -0.3 is 15.0 Å². The van der Waals surface area contributed by atoms with Gasteiger partial charge in [-0.05, 0) is 18.6 Å². The van der Waals surface area contributed by atoms with Crippen molar-refractivity contribution >= 4 is 11.6 Å². The lowest BCUT2D eigenvalue weighted by Crippen LogP contribution is -2.34. The third-order valence-electron chi connectivity index (χ3n) is 3.36. The number of alkyl halides is 3. The molecule has 1 saturated heterocycles. The molecule has 1 aromatic carbocycles. The SMILES string of the molecule is CNc1c(C(=O)N2CCCOCC2)cccc1C(F)(F)F. The summed E-state index contributed by atoms with van der Waals surface area (Å²) in [5, 5.41) is 2.51. The van der Waals surface area contributed by atoms with Gasteiger partial charge in [0.25, 0.3) is 5.91 Å². The minimum absolute atomic E-state index is 0.0363. The number of ether oxygens (including phenoxy) is 1. The van der Waals surface area contributed by atoms with E-state index in [4.69, 9.17) is 4.74 Å². The van der Waals surface area contributed by atoms with Crippen molar-refractivity contribution in [2.45, 2.75) is 12.6 Å². The van der Waals surface area contributed by atoms with E-state index in [2.05, 4.69) is 5.32 Å². The Hall–Kier alpha value is -1.76. The number of hydrogen-bond donors (Lipinski definition) is 1. The number of hydrogen-bond acceptors (Lipinski definition) is 3. The Kier molecular flexibility index (Phi) is 4.72. The van der Waals surface area contributed by atoms with Crippen molar-refractivity contribution in [1.29, 1.82) is 0 Å². The lowest BCUT2D eigenvalue weighted by Gasteiger charge is -2.22. The second-order valence-corrected chi connectivity index (χ2v) is 4.73. The van der Waals surface area contributed by atoms with E-state index in [-0.39, 0.29) is 11.3 Å². The number of carbonyl (C=O) groups excluding carboxylic acids is 1. The molecule has 2 rings (SSSR count). The first-order valence-electron chi connectivity index (χ1n) is 6.70. The van der Waals surface area contributed by atoms with Crippen LogP contribution in [0.5, 0.6) is 0 Å². The quantitative estimate of drug-likeness (QED) is 0.913. The number of nitrogens with zero attached hydrogens (tertiary/aromatic N) is 1. The molecule has 21 heavy (non-hydrogen) atoms. The highest BCUT2D eigenvalue weighted by Gasteiger charge is 2.35. The zero-order chi connectivity index (χ0) is 15.5. The van der Waals surface area contributed by atoms with E-state index < -0.39 is 17.6 Å². The molecule has 7 heteroatoms. The molecule has 1 heterocycles. The van der Waals surface area contributed by atoms with Gasteiger partial charge in [-0.3, -0.25) is 4.79 Å². The number of rotatable bonds is 2. The summed E-state index contributed by atoms with van der Waals surface area (Å²) in [5.74, 6) is -0.407. The van der Waals surface area contributed by atoms with E-state index in [0.29, 0.717) is 32.7 Å². The van der Waals surface area contributed by atoms with Crippen molar-refractivity contribution in [3.8, 4) is 0 Å². The molecule has 1 aromatic rings. The van der Waals surface area contributed by atoms with Crippen LogP contribution in [0.1, 0.15) is 22.3 Å². The standard InChI is InChI=1S/C14H17F3N2O2/c1-18-12-10(4-2-5-11(12)14(15,16)17)13(20)19-6-3-8-21-9-7-19/h2,4-5,18H,3,6-9H2,1H3. The summed E-state index contributed by atoms with van der Waals surface area (Å²) >= 11 is 0. The van der Waals surface area contributed by atoms with Gasteiger partial charge in [0.1, 0.15) is 0 Å². The second-order valence-electron chi connectivity index (χ2n) is 4.73. The van der Waals surface area contributed by atoms with Crippen LogP contribution in [0.25, 0.3) is 0 Å². The highest BCUT2D eigenvalue weighted by Crippen LogP contribution is 2.36. The molecule has 1 fully saturated rings. The molecule has 0 aliphatic carbocycles. The lowest BCUT2D eigenvalue weighted by molar-refractivity contribution is -0.136. The Morgan fingerprint density at radius 1 is 1.29 bits per heavy atom. The summed E-state index contributed by atoms with van der Waals surface area (Å²) in [7, 11) is 1.38. The normalized spacial score (nSPS) is 16.5. The van der Waals surface area contributed by atoms with E-state index >= 15 is 0 Å². The van der Waals surface area contributed by atoms with Gasteiger partial charge in [-0.25, -0.2) is 0 Å². The summed E-state index contributed by atoms with van der Waals surface area (Å²) in [4.78, 5) is 14.0. The predicted octanol–water partition coefficient (Wildman–Crippen LogP) is 2.61. The van der Waals surface area contributed by atoms with Gasteiger partial charge in [0.05, 0.1) is 23.4 Å². The van der Waals surface area contributed by atoms with Crippen molar-refractivity contribution in [1.82, 2.24) is 4.90 Å². The Labute approximate surface area is 120 Å². The molecule has 1 aliphatic heterocycles. The van der Waals surface area contributed by atoms with Crippen LogP contribution in [0.2, 0.25) is 0 Å². The molecule has 0 radical (unpaired) electrons. The number of carbonyl (C=O) groups is 1. The van der Waals surface area contributed by atoms with Gasteiger partial charge in [-0.15, -0.1) is 0 Å². The molecular formula is C14H17F3N2O2.